The van der Waals surface area contributed by atoms with Crippen LogP contribution in [0, 0.1) is 13.8 Å². The lowest BCUT2D eigenvalue weighted by atomic mass is 10.2. The molecule has 1 aromatic carbocycles. The highest BCUT2D eigenvalue weighted by Crippen LogP contribution is 2.24. The molecule has 0 spiro atoms. The number of rotatable bonds is 6. The summed E-state index contributed by atoms with van der Waals surface area (Å²) < 4.78 is 1.87. The molecular weight excluding hydrogens is 344 g/mol. The third kappa shape index (κ3) is 4.19. The molecule has 0 bridgehead atoms. The van der Waals surface area contributed by atoms with Gasteiger partial charge in [-0.2, -0.15) is 0 Å². The van der Waals surface area contributed by atoms with Crippen LogP contribution in [0.15, 0.2) is 30.3 Å². The maximum Gasteiger partial charge on any atom is 0.256 e. The number of halogens is 1. The molecule has 2 aromatic rings. The van der Waals surface area contributed by atoms with Gasteiger partial charge in [0.15, 0.2) is 0 Å². The Bertz CT molecular complexity index is 828. The quantitative estimate of drug-likeness (QED) is 0.804. The van der Waals surface area contributed by atoms with E-state index in [2.05, 4.69) is 0 Å². The van der Waals surface area contributed by atoms with Gasteiger partial charge in [0, 0.05) is 22.1 Å². The molecule has 2 rings (SSSR count). The topological polar surface area (TPSA) is 111 Å². The fourth-order valence-electron chi connectivity index (χ4n) is 2.74. The summed E-state index contributed by atoms with van der Waals surface area (Å²) >= 11 is 6.04. The minimum absolute atomic E-state index is 0.361. The Morgan fingerprint density at radius 1 is 1.08 bits per heavy atom. The molecule has 132 valence electrons. The molecule has 0 atom stereocenters. The molecule has 0 aliphatic heterocycles. The van der Waals surface area contributed by atoms with Crippen molar-refractivity contribution in [3.8, 4) is 5.69 Å². The van der Waals surface area contributed by atoms with Crippen molar-refractivity contribution >= 4 is 29.3 Å². The standard InChI is InChI=1S/C17H19ClN4O3/c1-10-6-14(17(25)21(8-15(19)23)9-16(20)24)11(2)22(10)13-5-3-4-12(18)7-13/h3-7H,8-9H2,1-2H3,(H2,19,23)(H2,20,24). The number of benzene rings is 1. The summed E-state index contributed by atoms with van der Waals surface area (Å²) in [6.45, 7) is 2.84. The number of amides is 3. The molecule has 0 aliphatic carbocycles. The van der Waals surface area contributed by atoms with Gasteiger partial charge in [-0.3, -0.25) is 14.4 Å². The van der Waals surface area contributed by atoms with Gasteiger partial charge in [0.05, 0.1) is 5.56 Å². The van der Waals surface area contributed by atoms with Crippen LogP contribution < -0.4 is 11.5 Å². The predicted molar refractivity (Wildman–Crippen MR) is 94.5 cm³/mol. The monoisotopic (exact) mass is 362 g/mol. The molecular formula is C17H19ClN4O3. The van der Waals surface area contributed by atoms with E-state index in [0.717, 1.165) is 16.3 Å². The summed E-state index contributed by atoms with van der Waals surface area (Å²) in [6, 6.07) is 8.90. The highest BCUT2D eigenvalue weighted by atomic mass is 35.5. The van der Waals surface area contributed by atoms with E-state index in [1.54, 1.807) is 25.1 Å². The molecule has 0 aliphatic rings. The number of carbonyl (C=O) groups is 3. The van der Waals surface area contributed by atoms with E-state index < -0.39 is 17.7 Å². The van der Waals surface area contributed by atoms with E-state index in [1.165, 1.54) is 0 Å². The minimum atomic E-state index is -0.724. The third-order valence-corrected chi connectivity index (χ3v) is 3.94. The van der Waals surface area contributed by atoms with E-state index >= 15 is 0 Å². The van der Waals surface area contributed by atoms with Crippen molar-refractivity contribution in [1.82, 2.24) is 9.47 Å². The van der Waals surface area contributed by atoms with Crippen LogP contribution in [0.2, 0.25) is 5.02 Å². The highest BCUT2D eigenvalue weighted by molar-refractivity contribution is 6.30. The van der Waals surface area contributed by atoms with Crippen molar-refractivity contribution in [2.24, 2.45) is 11.5 Å². The first kappa shape index (κ1) is 18.5. The van der Waals surface area contributed by atoms with Crippen LogP contribution in [0.1, 0.15) is 21.7 Å². The number of hydrogen-bond donors (Lipinski definition) is 2. The third-order valence-electron chi connectivity index (χ3n) is 3.71. The minimum Gasteiger partial charge on any atom is -0.368 e. The summed E-state index contributed by atoms with van der Waals surface area (Å²) in [7, 11) is 0. The van der Waals surface area contributed by atoms with Crippen LogP contribution in [0.5, 0.6) is 0 Å². The Morgan fingerprint density at radius 2 is 1.68 bits per heavy atom. The Balaban J connectivity index is 2.45. The lowest BCUT2D eigenvalue weighted by molar-refractivity contribution is -0.121. The first-order chi connectivity index (χ1) is 11.7. The zero-order valence-electron chi connectivity index (χ0n) is 14.0. The van der Waals surface area contributed by atoms with Gasteiger partial charge in [0.2, 0.25) is 11.8 Å². The molecule has 25 heavy (non-hydrogen) atoms. The van der Waals surface area contributed by atoms with Crippen molar-refractivity contribution in [3.63, 3.8) is 0 Å². The SMILES string of the molecule is Cc1cc(C(=O)N(CC(N)=O)CC(N)=O)c(C)n1-c1cccc(Cl)c1. The van der Waals surface area contributed by atoms with Gasteiger partial charge in [0.25, 0.3) is 5.91 Å². The summed E-state index contributed by atoms with van der Waals surface area (Å²) in [5.41, 5.74) is 12.9. The zero-order chi connectivity index (χ0) is 18.7. The molecule has 0 fully saturated rings. The Hall–Kier alpha value is -2.80. The highest BCUT2D eigenvalue weighted by Gasteiger charge is 2.24. The lowest BCUT2D eigenvalue weighted by Gasteiger charge is -2.19. The fourth-order valence-corrected chi connectivity index (χ4v) is 2.92. The van der Waals surface area contributed by atoms with Gasteiger partial charge in [-0.15, -0.1) is 0 Å². The van der Waals surface area contributed by atoms with Gasteiger partial charge >= 0.3 is 0 Å². The van der Waals surface area contributed by atoms with E-state index in [-0.39, 0.29) is 13.1 Å². The number of aromatic nitrogens is 1. The molecule has 7 nitrogen and oxygen atoms in total. The van der Waals surface area contributed by atoms with E-state index in [9.17, 15) is 14.4 Å². The Labute approximate surface area is 150 Å². The van der Waals surface area contributed by atoms with Gasteiger partial charge in [-0.25, -0.2) is 0 Å². The van der Waals surface area contributed by atoms with Crippen LogP contribution in [-0.2, 0) is 9.59 Å². The molecule has 1 aromatic heterocycles. The number of aryl methyl sites for hydroxylation is 1. The van der Waals surface area contributed by atoms with Gasteiger partial charge in [0.1, 0.15) is 13.1 Å². The van der Waals surface area contributed by atoms with Gasteiger partial charge < -0.3 is 20.9 Å². The number of nitrogens with two attached hydrogens (primary N) is 2. The first-order valence-corrected chi connectivity index (χ1v) is 7.89. The molecule has 1 heterocycles. The number of primary amides is 2. The van der Waals surface area contributed by atoms with Crippen molar-refractivity contribution in [2.75, 3.05) is 13.1 Å². The van der Waals surface area contributed by atoms with Crippen molar-refractivity contribution in [3.05, 3.63) is 52.3 Å². The smallest absolute Gasteiger partial charge is 0.256 e. The van der Waals surface area contributed by atoms with E-state index in [4.69, 9.17) is 23.1 Å². The van der Waals surface area contributed by atoms with Crippen LogP contribution in [-0.4, -0.2) is 40.3 Å². The normalized spacial score (nSPS) is 10.5. The second-order valence-corrected chi connectivity index (χ2v) is 6.13. The van der Waals surface area contributed by atoms with Crippen molar-refractivity contribution in [2.45, 2.75) is 13.8 Å². The maximum atomic E-state index is 12.8. The Morgan fingerprint density at radius 3 is 2.20 bits per heavy atom. The number of carbonyl (C=O) groups excluding carboxylic acids is 3. The maximum absolute atomic E-state index is 12.8. The van der Waals surface area contributed by atoms with Crippen LogP contribution >= 0.6 is 11.6 Å². The lowest BCUT2D eigenvalue weighted by Crippen LogP contribution is -2.43. The number of hydrogen-bond acceptors (Lipinski definition) is 3. The summed E-state index contributed by atoms with van der Waals surface area (Å²) in [4.78, 5) is 36.2. The fraction of sp³-hybridized carbons (Fsp3) is 0.235. The number of nitrogens with zero attached hydrogens (tertiary/aromatic N) is 2. The first-order valence-electron chi connectivity index (χ1n) is 7.51. The van der Waals surface area contributed by atoms with Crippen LogP contribution in [0.3, 0.4) is 0 Å². The summed E-state index contributed by atoms with van der Waals surface area (Å²) in [5, 5.41) is 0.571. The summed E-state index contributed by atoms with van der Waals surface area (Å²) in [6.07, 6.45) is 0. The van der Waals surface area contributed by atoms with Crippen LogP contribution in [0.25, 0.3) is 5.69 Å². The van der Waals surface area contributed by atoms with Crippen molar-refractivity contribution < 1.29 is 14.4 Å². The molecule has 0 saturated carbocycles. The summed E-state index contributed by atoms with van der Waals surface area (Å²) in [5.74, 6) is -1.93. The largest absolute Gasteiger partial charge is 0.368 e. The second kappa shape index (κ2) is 7.40. The molecule has 3 amide bonds. The molecule has 4 N–H and O–H groups in total. The van der Waals surface area contributed by atoms with Gasteiger partial charge in [-0.05, 0) is 38.1 Å². The molecule has 8 heteroatoms. The molecule has 0 radical (unpaired) electrons. The zero-order valence-corrected chi connectivity index (χ0v) is 14.7. The molecule has 0 saturated heterocycles. The van der Waals surface area contributed by atoms with E-state index in [1.807, 2.05) is 23.6 Å². The predicted octanol–water partition coefficient (Wildman–Crippen LogP) is 1.16. The Kier molecular flexibility index (Phi) is 5.48. The van der Waals surface area contributed by atoms with Crippen LogP contribution in [0.4, 0.5) is 0 Å². The van der Waals surface area contributed by atoms with E-state index in [0.29, 0.717) is 16.3 Å². The van der Waals surface area contributed by atoms with Crippen molar-refractivity contribution in [1.29, 1.82) is 0 Å². The second-order valence-electron chi connectivity index (χ2n) is 5.69. The van der Waals surface area contributed by atoms with Gasteiger partial charge in [-0.1, -0.05) is 17.7 Å². The average Bonchev–Trinajstić information content (AvgIpc) is 2.79. The average molecular weight is 363 g/mol. The molecule has 0 unspecified atom stereocenters.